The second kappa shape index (κ2) is 6.48. The van der Waals surface area contributed by atoms with Crippen molar-refractivity contribution in [2.24, 2.45) is 0 Å². The molecule has 4 heteroatoms. The van der Waals surface area contributed by atoms with Crippen LogP contribution in [0, 0.1) is 5.82 Å². The van der Waals surface area contributed by atoms with E-state index in [0.29, 0.717) is 12.2 Å². The molecule has 0 unspecified atom stereocenters. The lowest BCUT2D eigenvalue weighted by Crippen LogP contribution is -2.09. The van der Waals surface area contributed by atoms with E-state index in [9.17, 15) is 9.18 Å². The lowest BCUT2D eigenvalue weighted by atomic mass is 9.97. The SMILES string of the molecule is CCOC(=O)c1c(-c2ccc(F)cc2)c2ccccn2c1C(C)C. The molecule has 0 spiro atoms. The van der Waals surface area contributed by atoms with Gasteiger partial charge in [0, 0.05) is 17.5 Å². The van der Waals surface area contributed by atoms with Gasteiger partial charge in [0.15, 0.2) is 0 Å². The molecule has 0 saturated heterocycles. The summed E-state index contributed by atoms with van der Waals surface area (Å²) < 4.78 is 20.7. The smallest absolute Gasteiger partial charge is 0.340 e. The number of aromatic nitrogens is 1. The predicted octanol–water partition coefficient (Wildman–Crippen LogP) is 5.05. The lowest BCUT2D eigenvalue weighted by Gasteiger charge is -2.10. The van der Waals surface area contributed by atoms with E-state index < -0.39 is 0 Å². The number of carbonyl (C=O) groups excluding carboxylic acids is 1. The quantitative estimate of drug-likeness (QED) is 0.629. The van der Waals surface area contributed by atoms with E-state index >= 15 is 0 Å². The highest BCUT2D eigenvalue weighted by Gasteiger charge is 2.27. The van der Waals surface area contributed by atoms with Crippen molar-refractivity contribution in [1.29, 1.82) is 0 Å². The summed E-state index contributed by atoms with van der Waals surface area (Å²) in [5.74, 6) is -0.512. The van der Waals surface area contributed by atoms with Gasteiger partial charge in [-0.2, -0.15) is 0 Å². The van der Waals surface area contributed by atoms with Crippen molar-refractivity contribution in [3.63, 3.8) is 0 Å². The predicted molar refractivity (Wildman–Crippen MR) is 92.8 cm³/mol. The van der Waals surface area contributed by atoms with E-state index in [1.807, 2.05) is 42.6 Å². The fraction of sp³-hybridized carbons (Fsp3) is 0.250. The molecule has 0 radical (unpaired) electrons. The van der Waals surface area contributed by atoms with Crippen LogP contribution in [-0.2, 0) is 4.74 Å². The molecule has 3 rings (SSSR count). The molecule has 0 saturated carbocycles. The van der Waals surface area contributed by atoms with E-state index in [4.69, 9.17) is 4.74 Å². The Bertz CT molecular complexity index is 879. The fourth-order valence-corrected chi connectivity index (χ4v) is 3.12. The Morgan fingerprint density at radius 3 is 2.50 bits per heavy atom. The standard InChI is InChI=1S/C20H20FNO2/c1-4-24-20(23)18-17(14-8-10-15(21)11-9-14)16-7-5-6-12-22(16)19(18)13(2)3/h5-13H,4H2,1-3H3. The molecular weight excluding hydrogens is 305 g/mol. The second-order valence-electron chi connectivity index (χ2n) is 5.97. The Labute approximate surface area is 140 Å². The molecule has 0 fully saturated rings. The van der Waals surface area contributed by atoms with E-state index in [2.05, 4.69) is 0 Å². The molecule has 0 amide bonds. The zero-order chi connectivity index (χ0) is 17.3. The van der Waals surface area contributed by atoms with Crippen molar-refractivity contribution in [2.45, 2.75) is 26.7 Å². The molecular formula is C20H20FNO2. The number of rotatable bonds is 4. The van der Waals surface area contributed by atoms with Gasteiger partial charge in [-0.05, 0) is 42.7 Å². The first-order chi connectivity index (χ1) is 11.5. The summed E-state index contributed by atoms with van der Waals surface area (Å²) in [4.78, 5) is 12.7. The number of hydrogen-bond acceptors (Lipinski definition) is 2. The molecule has 0 aliphatic carbocycles. The highest BCUT2D eigenvalue weighted by Crippen LogP contribution is 2.37. The molecule has 1 aromatic carbocycles. The Morgan fingerprint density at radius 1 is 1.17 bits per heavy atom. The van der Waals surface area contributed by atoms with Gasteiger partial charge in [0.25, 0.3) is 0 Å². The van der Waals surface area contributed by atoms with E-state index in [1.165, 1.54) is 12.1 Å². The monoisotopic (exact) mass is 325 g/mol. The first-order valence-corrected chi connectivity index (χ1v) is 8.10. The number of nitrogens with zero attached hydrogens (tertiary/aromatic N) is 1. The zero-order valence-electron chi connectivity index (χ0n) is 14.0. The van der Waals surface area contributed by atoms with Crippen LogP contribution in [0.5, 0.6) is 0 Å². The molecule has 0 aliphatic rings. The van der Waals surface area contributed by atoms with Gasteiger partial charge in [0.1, 0.15) is 5.82 Å². The molecule has 0 atom stereocenters. The summed E-state index contributed by atoms with van der Waals surface area (Å²) in [6.07, 6.45) is 1.94. The first kappa shape index (κ1) is 16.2. The zero-order valence-corrected chi connectivity index (χ0v) is 14.0. The van der Waals surface area contributed by atoms with Crippen LogP contribution in [0.2, 0.25) is 0 Å². The maximum Gasteiger partial charge on any atom is 0.340 e. The average molecular weight is 325 g/mol. The molecule has 3 aromatic rings. The van der Waals surface area contributed by atoms with Crippen molar-refractivity contribution in [2.75, 3.05) is 6.61 Å². The van der Waals surface area contributed by atoms with Gasteiger partial charge >= 0.3 is 5.97 Å². The van der Waals surface area contributed by atoms with Crippen LogP contribution in [0.25, 0.3) is 16.6 Å². The normalized spacial score (nSPS) is 11.2. The van der Waals surface area contributed by atoms with Crippen LogP contribution < -0.4 is 0 Å². The van der Waals surface area contributed by atoms with Gasteiger partial charge in [-0.15, -0.1) is 0 Å². The van der Waals surface area contributed by atoms with Crippen molar-refractivity contribution < 1.29 is 13.9 Å². The minimum Gasteiger partial charge on any atom is -0.462 e. The summed E-state index contributed by atoms with van der Waals surface area (Å²) in [5.41, 5.74) is 3.97. The van der Waals surface area contributed by atoms with Gasteiger partial charge in [-0.3, -0.25) is 0 Å². The lowest BCUT2D eigenvalue weighted by molar-refractivity contribution is 0.0525. The second-order valence-corrected chi connectivity index (χ2v) is 5.97. The molecule has 0 bridgehead atoms. The number of halogens is 1. The third-order valence-corrected chi connectivity index (χ3v) is 4.04. The maximum absolute atomic E-state index is 13.3. The summed E-state index contributed by atoms with van der Waals surface area (Å²) >= 11 is 0. The Balaban J connectivity index is 2.39. The third kappa shape index (κ3) is 2.68. The maximum atomic E-state index is 13.3. The highest BCUT2D eigenvalue weighted by atomic mass is 19.1. The summed E-state index contributed by atoms with van der Waals surface area (Å²) in [5, 5.41) is 0. The van der Waals surface area contributed by atoms with Crippen LogP contribution >= 0.6 is 0 Å². The van der Waals surface area contributed by atoms with Crippen molar-refractivity contribution in [1.82, 2.24) is 4.40 Å². The summed E-state index contributed by atoms with van der Waals surface area (Å²) in [7, 11) is 0. The third-order valence-electron chi connectivity index (χ3n) is 4.04. The molecule has 3 nitrogen and oxygen atoms in total. The minimum absolute atomic E-state index is 0.133. The molecule has 2 heterocycles. The number of fused-ring (bicyclic) bond motifs is 1. The molecule has 24 heavy (non-hydrogen) atoms. The Morgan fingerprint density at radius 2 is 1.88 bits per heavy atom. The van der Waals surface area contributed by atoms with Gasteiger partial charge in [0.2, 0.25) is 0 Å². The van der Waals surface area contributed by atoms with Crippen LogP contribution in [0.15, 0.2) is 48.7 Å². The van der Waals surface area contributed by atoms with E-state index in [0.717, 1.165) is 22.3 Å². The highest BCUT2D eigenvalue weighted by molar-refractivity contribution is 6.04. The van der Waals surface area contributed by atoms with Crippen LogP contribution in [0.3, 0.4) is 0 Å². The molecule has 0 aliphatic heterocycles. The van der Waals surface area contributed by atoms with Crippen molar-refractivity contribution >= 4 is 11.5 Å². The fourth-order valence-electron chi connectivity index (χ4n) is 3.12. The van der Waals surface area contributed by atoms with Gasteiger partial charge < -0.3 is 9.14 Å². The summed E-state index contributed by atoms with van der Waals surface area (Å²) in [6, 6.07) is 12.0. The Kier molecular flexibility index (Phi) is 4.38. The number of hydrogen-bond donors (Lipinski definition) is 0. The number of esters is 1. The molecule has 124 valence electrons. The number of ether oxygens (including phenoxy) is 1. The number of pyridine rings is 1. The van der Waals surface area contributed by atoms with Gasteiger partial charge in [0.05, 0.1) is 17.7 Å². The van der Waals surface area contributed by atoms with Crippen molar-refractivity contribution in [3.8, 4) is 11.1 Å². The van der Waals surface area contributed by atoms with E-state index in [-0.39, 0.29) is 17.7 Å². The first-order valence-electron chi connectivity index (χ1n) is 8.10. The molecule has 2 aromatic heterocycles. The molecule has 0 N–H and O–H groups in total. The van der Waals surface area contributed by atoms with Crippen LogP contribution in [-0.4, -0.2) is 17.0 Å². The van der Waals surface area contributed by atoms with Crippen LogP contribution in [0.4, 0.5) is 4.39 Å². The number of carbonyl (C=O) groups is 1. The van der Waals surface area contributed by atoms with Crippen LogP contribution in [0.1, 0.15) is 42.7 Å². The topological polar surface area (TPSA) is 30.7 Å². The van der Waals surface area contributed by atoms with Crippen molar-refractivity contribution in [3.05, 3.63) is 65.7 Å². The van der Waals surface area contributed by atoms with Gasteiger partial charge in [-0.1, -0.05) is 32.0 Å². The average Bonchev–Trinajstić information content (AvgIpc) is 2.91. The number of benzene rings is 1. The van der Waals surface area contributed by atoms with E-state index in [1.54, 1.807) is 19.1 Å². The van der Waals surface area contributed by atoms with Gasteiger partial charge in [-0.25, -0.2) is 9.18 Å². The largest absolute Gasteiger partial charge is 0.462 e. The summed E-state index contributed by atoms with van der Waals surface area (Å²) in [6.45, 7) is 6.20. The minimum atomic E-state index is -0.343. The Hall–Kier alpha value is -2.62.